The van der Waals surface area contributed by atoms with Crippen LogP contribution in [0, 0.1) is 18.3 Å². The fourth-order valence-corrected chi connectivity index (χ4v) is 2.22. The second-order valence-electron chi connectivity index (χ2n) is 4.97. The third-order valence-electron chi connectivity index (χ3n) is 3.26. The summed E-state index contributed by atoms with van der Waals surface area (Å²) in [5, 5.41) is 18.9. The molecule has 1 aliphatic rings. The highest BCUT2D eigenvalue weighted by Crippen LogP contribution is 2.25. The van der Waals surface area contributed by atoms with Crippen molar-refractivity contribution in [3.05, 3.63) is 23.2 Å². The predicted molar refractivity (Wildman–Crippen MR) is 80.5 cm³/mol. The van der Waals surface area contributed by atoms with Gasteiger partial charge in [-0.3, -0.25) is 15.0 Å². The van der Waals surface area contributed by atoms with E-state index >= 15 is 0 Å². The molecule has 3 rings (SSSR count). The summed E-state index contributed by atoms with van der Waals surface area (Å²) in [6, 6.07) is 0. The van der Waals surface area contributed by atoms with Gasteiger partial charge >= 0.3 is 5.97 Å². The number of carbonyl (C=O) groups is 1. The second-order valence-corrected chi connectivity index (χ2v) is 4.97. The molecular weight excluding hydrogens is 320 g/mol. The zero-order valence-electron chi connectivity index (χ0n) is 12.5. The molecule has 126 valence electrons. The molecule has 12 nitrogen and oxygen atoms in total. The fourth-order valence-electron chi connectivity index (χ4n) is 2.22. The summed E-state index contributed by atoms with van der Waals surface area (Å²) in [4.78, 5) is 23.4. The lowest BCUT2D eigenvalue weighted by atomic mass is 10.2. The van der Waals surface area contributed by atoms with Gasteiger partial charge < -0.3 is 20.9 Å². The van der Waals surface area contributed by atoms with Crippen molar-refractivity contribution in [2.45, 2.75) is 19.3 Å². The Balaban J connectivity index is 1.93. The average molecular weight is 334 g/mol. The van der Waals surface area contributed by atoms with E-state index in [0.717, 1.165) is 9.36 Å². The molecule has 5 N–H and O–H groups in total. The van der Waals surface area contributed by atoms with Crippen LogP contribution in [0.3, 0.4) is 0 Å². The number of nitrogen functional groups attached to an aromatic ring is 2. The summed E-state index contributed by atoms with van der Waals surface area (Å²) in [5.74, 6) is -0.980. The van der Waals surface area contributed by atoms with Crippen LogP contribution in [0.4, 0.5) is 5.82 Å². The number of hydrogen-bond donors (Lipinski definition) is 3. The van der Waals surface area contributed by atoms with Crippen molar-refractivity contribution in [3.63, 3.8) is 0 Å². The number of nitrogens with one attached hydrogen (secondary N) is 1. The number of anilines is 1. The van der Waals surface area contributed by atoms with Gasteiger partial charge in [0.1, 0.15) is 6.61 Å². The molecule has 0 aromatic carbocycles. The predicted octanol–water partition coefficient (Wildman–Crippen LogP) is -1.82. The van der Waals surface area contributed by atoms with E-state index in [1.54, 1.807) is 12.8 Å². The monoisotopic (exact) mass is 334 g/mol. The van der Waals surface area contributed by atoms with E-state index in [-0.39, 0.29) is 23.5 Å². The van der Waals surface area contributed by atoms with Crippen molar-refractivity contribution in [2.24, 2.45) is 5.73 Å². The molecule has 2 atom stereocenters. The zero-order chi connectivity index (χ0) is 17.4. The van der Waals surface area contributed by atoms with E-state index in [1.165, 1.54) is 6.92 Å². The Morgan fingerprint density at radius 1 is 1.50 bits per heavy atom. The highest BCUT2D eigenvalue weighted by Gasteiger charge is 2.31. The third kappa shape index (κ3) is 2.67. The molecule has 2 aromatic heterocycles. The molecule has 2 unspecified atom stereocenters. The minimum Gasteiger partial charge on any atom is -0.463 e. The first-order chi connectivity index (χ1) is 11.4. The minimum absolute atomic E-state index is 0.0189. The van der Waals surface area contributed by atoms with E-state index in [0.29, 0.717) is 0 Å². The van der Waals surface area contributed by atoms with Crippen LogP contribution in [0.5, 0.6) is 0 Å². The van der Waals surface area contributed by atoms with Crippen molar-refractivity contribution < 1.29 is 14.3 Å². The first-order valence-corrected chi connectivity index (χ1v) is 6.83. The number of fused-ring (bicyclic) bond motifs is 1. The molecule has 12 heteroatoms. The van der Waals surface area contributed by atoms with Gasteiger partial charge in [0.05, 0.1) is 6.10 Å². The van der Waals surface area contributed by atoms with Crippen LogP contribution in [0.1, 0.15) is 13.2 Å². The van der Waals surface area contributed by atoms with Crippen molar-refractivity contribution in [3.8, 4) is 0 Å². The van der Waals surface area contributed by atoms with Crippen LogP contribution in [-0.2, 0) is 14.3 Å². The van der Waals surface area contributed by atoms with E-state index < -0.39 is 29.8 Å². The Labute approximate surface area is 134 Å². The van der Waals surface area contributed by atoms with Gasteiger partial charge in [0, 0.05) is 19.8 Å². The summed E-state index contributed by atoms with van der Waals surface area (Å²) >= 11 is 0. The molecule has 24 heavy (non-hydrogen) atoms. The lowest BCUT2D eigenvalue weighted by Crippen LogP contribution is -2.32. The van der Waals surface area contributed by atoms with Gasteiger partial charge in [-0.15, -0.1) is 10.2 Å². The Kier molecular flexibility index (Phi) is 3.89. The van der Waals surface area contributed by atoms with Crippen molar-refractivity contribution in [1.82, 2.24) is 24.8 Å². The molecule has 1 fully saturated rings. The molecule has 2 aromatic rings. The molecule has 3 heterocycles. The van der Waals surface area contributed by atoms with Crippen LogP contribution in [0.2, 0.25) is 0 Å². The molecule has 1 saturated heterocycles. The zero-order valence-corrected chi connectivity index (χ0v) is 12.5. The number of hydrogen-bond acceptors (Lipinski definition) is 9. The Hall–Kier alpha value is -3.02. The van der Waals surface area contributed by atoms with E-state index in [1.807, 2.05) is 0 Å². The van der Waals surface area contributed by atoms with Crippen LogP contribution in [-0.4, -0.2) is 49.4 Å². The molecule has 1 aliphatic heterocycles. The number of aromatic nitrogens is 5. The van der Waals surface area contributed by atoms with E-state index in [9.17, 15) is 9.59 Å². The molecule has 0 bridgehead atoms. The van der Waals surface area contributed by atoms with Crippen molar-refractivity contribution >= 4 is 28.8 Å². The summed E-state index contributed by atoms with van der Waals surface area (Å²) in [5.41, 5.74) is 10.4. The quantitative estimate of drug-likeness (QED) is 0.331. The van der Waals surface area contributed by atoms with Gasteiger partial charge in [0.25, 0.3) is 5.56 Å². The Morgan fingerprint density at radius 3 is 2.92 bits per heavy atom. The normalized spacial score (nSPS) is 20.4. The van der Waals surface area contributed by atoms with Gasteiger partial charge in [-0.2, -0.15) is 9.36 Å². The van der Waals surface area contributed by atoms with Crippen molar-refractivity contribution in [2.75, 3.05) is 12.3 Å². The highest BCUT2D eigenvalue weighted by molar-refractivity contribution is 5.92. The second kappa shape index (κ2) is 5.88. The molecule has 0 spiro atoms. The number of ether oxygens (including phenoxy) is 2. The smallest absolute Gasteiger partial charge is 0.302 e. The SMILES string of the molecule is CC(=O)OCC1[CH][CH]C(n2nnc3c(N)nn(C(=N)N)c3c2=O)O1. The summed E-state index contributed by atoms with van der Waals surface area (Å²) < 4.78 is 12.3. The standard InChI is InChI=1S/C12H14N8O4/c1-5(21)23-4-6-2-3-7(24-6)19-11(22)9-8(16-18-19)10(13)17-20(9)12(14)15/h2-3,6-7H,4H2,1H3,(H2,13,17)(H3,14,15). The summed E-state index contributed by atoms with van der Waals surface area (Å²) in [6.07, 6.45) is 1.87. The fraction of sp³-hybridized carbons (Fsp3) is 0.333. The van der Waals surface area contributed by atoms with E-state index in [4.69, 9.17) is 26.4 Å². The topological polar surface area (TPSA) is 177 Å². The van der Waals surface area contributed by atoms with Gasteiger partial charge in [-0.1, -0.05) is 5.21 Å². The van der Waals surface area contributed by atoms with Gasteiger partial charge in [0.2, 0.25) is 5.96 Å². The first-order valence-electron chi connectivity index (χ1n) is 6.83. The number of nitrogens with two attached hydrogens (primary N) is 2. The molecule has 0 amide bonds. The van der Waals surface area contributed by atoms with Gasteiger partial charge in [-0.25, -0.2) is 0 Å². The lowest BCUT2D eigenvalue weighted by molar-refractivity contribution is -0.145. The van der Waals surface area contributed by atoms with Crippen LogP contribution >= 0.6 is 0 Å². The largest absolute Gasteiger partial charge is 0.463 e. The molecule has 0 aliphatic carbocycles. The molecular formula is C12H14N8O4. The number of nitrogens with zero attached hydrogens (tertiary/aromatic N) is 5. The average Bonchev–Trinajstić information content (AvgIpc) is 3.11. The maximum Gasteiger partial charge on any atom is 0.302 e. The maximum absolute atomic E-state index is 12.6. The lowest BCUT2D eigenvalue weighted by Gasteiger charge is -2.14. The molecule has 0 saturated carbocycles. The van der Waals surface area contributed by atoms with Crippen LogP contribution in [0.15, 0.2) is 4.79 Å². The molecule has 2 radical (unpaired) electrons. The summed E-state index contributed by atoms with van der Waals surface area (Å²) in [6.45, 7) is 1.30. The van der Waals surface area contributed by atoms with Crippen LogP contribution in [0.25, 0.3) is 11.0 Å². The third-order valence-corrected chi connectivity index (χ3v) is 3.26. The number of carbonyl (C=O) groups excluding carboxylic acids is 1. The first kappa shape index (κ1) is 15.9. The van der Waals surface area contributed by atoms with Crippen molar-refractivity contribution in [1.29, 1.82) is 5.41 Å². The number of esters is 1. The van der Waals surface area contributed by atoms with Gasteiger partial charge in [-0.05, 0) is 0 Å². The van der Waals surface area contributed by atoms with Crippen LogP contribution < -0.4 is 17.0 Å². The highest BCUT2D eigenvalue weighted by atomic mass is 16.6. The maximum atomic E-state index is 12.6. The Bertz CT molecular complexity index is 872. The van der Waals surface area contributed by atoms with Gasteiger partial charge in [0.15, 0.2) is 23.1 Å². The minimum atomic E-state index is -0.841. The number of rotatable bonds is 3. The summed E-state index contributed by atoms with van der Waals surface area (Å²) in [7, 11) is 0. The van der Waals surface area contributed by atoms with E-state index in [2.05, 4.69) is 15.4 Å². The Morgan fingerprint density at radius 2 is 2.25 bits per heavy atom.